The zero-order valence-electron chi connectivity index (χ0n) is 50.3. The molecule has 6 heteroatoms. The number of rotatable bonds is 61. The fraction of sp³-hybridized carbons (Fsp3) is 0.841. The summed E-state index contributed by atoms with van der Waals surface area (Å²) in [5.41, 5.74) is 0. The van der Waals surface area contributed by atoms with Crippen molar-refractivity contribution in [3.63, 3.8) is 0 Å². The SMILES string of the molecule is CCCCCCCC/C=C\C/C=C\C/C=C\CCCC(=O)O[C@H](COC(=O)CCCCCCCCCCC/C=C\CCCCCCCC)COC(=O)CCCCCCCCCCCCCCCCCCCCCCC. The van der Waals surface area contributed by atoms with Gasteiger partial charge in [-0.25, -0.2) is 0 Å². The summed E-state index contributed by atoms with van der Waals surface area (Å²) in [7, 11) is 0. The van der Waals surface area contributed by atoms with Crippen LogP contribution in [0.1, 0.15) is 355 Å². The van der Waals surface area contributed by atoms with E-state index in [0.717, 1.165) is 57.8 Å². The third-order valence-corrected chi connectivity index (χ3v) is 14.8. The lowest BCUT2D eigenvalue weighted by Gasteiger charge is -2.18. The van der Waals surface area contributed by atoms with Gasteiger partial charge < -0.3 is 14.2 Å². The molecule has 0 unspecified atom stereocenters. The Morgan fingerprint density at radius 2 is 0.493 bits per heavy atom. The summed E-state index contributed by atoms with van der Waals surface area (Å²) in [5, 5.41) is 0. The van der Waals surface area contributed by atoms with E-state index in [1.54, 1.807) is 0 Å². The Hall–Kier alpha value is -2.63. The Bertz CT molecular complexity index is 1300. The van der Waals surface area contributed by atoms with Crippen molar-refractivity contribution >= 4 is 17.9 Å². The minimum Gasteiger partial charge on any atom is -0.462 e. The minimum atomic E-state index is -0.799. The summed E-state index contributed by atoms with van der Waals surface area (Å²) >= 11 is 0. The van der Waals surface area contributed by atoms with Crippen molar-refractivity contribution in [3.05, 3.63) is 48.6 Å². The number of esters is 3. The number of unbranched alkanes of at least 4 members (excludes halogenated alkanes) is 42. The summed E-state index contributed by atoms with van der Waals surface area (Å²) in [6, 6.07) is 0. The van der Waals surface area contributed by atoms with Crippen LogP contribution in [-0.2, 0) is 28.6 Å². The van der Waals surface area contributed by atoms with Crippen LogP contribution in [0.2, 0.25) is 0 Å². The van der Waals surface area contributed by atoms with Crippen molar-refractivity contribution < 1.29 is 28.6 Å². The topological polar surface area (TPSA) is 78.9 Å². The first-order chi connectivity index (χ1) is 37.0. The fourth-order valence-corrected chi connectivity index (χ4v) is 9.81. The molecule has 0 aliphatic heterocycles. The van der Waals surface area contributed by atoms with Gasteiger partial charge in [0.25, 0.3) is 0 Å². The highest BCUT2D eigenvalue weighted by atomic mass is 16.6. The monoisotopic (exact) mass is 1050 g/mol. The average molecular weight is 1050 g/mol. The molecule has 75 heavy (non-hydrogen) atoms. The highest BCUT2D eigenvalue weighted by Gasteiger charge is 2.19. The lowest BCUT2D eigenvalue weighted by Crippen LogP contribution is -2.30. The number of allylic oxidation sites excluding steroid dienone is 8. The van der Waals surface area contributed by atoms with Gasteiger partial charge in [-0.05, 0) is 77.0 Å². The Kier molecular flexibility index (Phi) is 61.7. The quantitative estimate of drug-likeness (QED) is 0.0261. The molecule has 0 aliphatic rings. The second-order valence-electron chi connectivity index (χ2n) is 22.4. The first-order valence-electron chi connectivity index (χ1n) is 33.1. The molecule has 0 heterocycles. The van der Waals surface area contributed by atoms with Crippen LogP contribution >= 0.6 is 0 Å². The Morgan fingerprint density at radius 3 is 0.800 bits per heavy atom. The van der Waals surface area contributed by atoms with E-state index in [9.17, 15) is 14.4 Å². The number of hydrogen-bond donors (Lipinski definition) is 0. The Morgan fingerprint density at radius 1 is 0.267 bits per heavy atom. The first-order valence-corrected chi connectivity index (χ1v) is 33.1. The highest BCUT2D eigenvalue weighted by Crippen LogP contribution is 2.17. The summed E-state index contributed by atoms with van der Waals surface area (Å²) < 4.78 is 16.9. The van der Waals surface area contributed by atoms with E-state index < -0.39 is 6.10 Å². The largest absolute Gasteiger partial charge is 0.462 e. The zero-order valence-corrected chi connectivity index (χ0v) is 50.3. The second-order valence-corrected chi connectivity index (χ2v) is 22.4. The van der Waals surface area contributed by atoms with Crippen LogP contribution in [0.5, 0.6) is 0 Å². The second kappa shape index (κ2) is 63.9. The number of hydrogen-bond acceptors (Lipinski definition) is 6. The molecule has 0 saturated carbocycles. The normalized spacial score (nSPS) is 12.3. The van der Waals surface area contributed by atoms with E-state index >= 15 is 0 Å². The van der Waals surface area contributed by atoms with E-state index in [0.29, 0.717) is 19.3 Å². The lowest BCUT2D eigenvalue weighted by molar-refractivity contribution is -0.167. The van der Waals surface area contributed by atoms with Crippen LogP contribution < -0.4 is 0 Å². The minimum absolute atomic E-state index is 0.0897. The first kappa shape index (κ1) is 72.4. The average Bonchev–Trinajstić information content (AvgIpc) is 3.41. The zero-order chi connectivity index (χ0) is 54.3. The van der Waals surface area contributed by atoms with E-state index in [1.807, 2.05) is 0 Å². The standard InChI is InChI=1S/C69H126O6/c1-4-7-10-13-16-19-22-25-28-31-33-34-36-39-41-44-47-50-53-56-59-62-68(71)74-65-66(75-69(72)63-60-57-54-51-48-45-42-37-30-27-24-21-18-15-12-9-6-3)64-73-67(70)61-58-55-52-49-46-43-40-38-35-32-29-26-23-20-17-14-11-8-5-2/h26-27,29-30,42,45,51,54,66H,4-25,28,31-41,43-44,46-50,52-53,55-65H2,1-3H3/b29-26-,30-27-,45-42-,54-51-/t66-/m1/s1. The van der Waals surface area contributed by atoms with Gasteiger partial charge in [-0.2, -0.15) is 0 Å². The van der Waals surface area contributed by atoms with Crippen molar-refractivity contribution in [1.82, 2.24) is 0 Å². The van der Waals surface area contributed by atoms with Crippen LogP contribution in [0.4, 0.5) is 0 Å². The summed E-state index contributed by atoms with van der Waals surface area (Å²) in [4.78, 5) is 38.3. The predicted molar refractivity (Wildman–Crippen MR) is 325 cm³/mol. The predicted octanol–water partition coefficient (Wildman–Crippen LogP) is 22.6. The molecule has 0 aromatic rings. The van der Waals surface area contributed by atoms with Crippen LogP contribution in [0.15, 0.2) is 48.6 Å². The van der Waals surface area contributed by atoms with Gasteiger partial charge in [0.15, 0.2) is 6.10 Å². The summed E-state index contributed by atoms with van der Waals surface area (Å²) in [6.07, 6.45) is 79.9. The van der Waals surface area contributed by atoms with E-state index in [-0.39, 0.29) is 37.5 Å². The van der Waals surface area contributed by atoms with Crippen LogP contribution in [0, 0.1) is 0 Å². The molecule has 0 aromatic carbocycles. The van der Waals surface area contributed by atoms with E-state index in [4.69, 9.17) is 14.2 Å². The molecular formula is C69H126O6. The molecule has 0 saturated heterocycles. The Balaban J connectivity index is 4.37. The van der Waals surface area contributed by atoms with Crippen molar-refractivity contribution in [1.29, 1.82) is 0 Å². The van der Waals surface area contributed by atoms with Gasteiger partial charge in [0.1, 0.15) is 13.2 Å². The highest BCUT2D eigenvalue weighted by molar-refractivity contribution is 5.71. The van der Waals surface area contributed by atoms with Crippen molar-refractivity contribution in [2.24, 2.45) is 0 Å². The van der Waals surface area contributed by atoms with Crippen molar-refractivity contribution in [3.8, 4) is 0 Å². The van der Waals surface area contributed by atoms with Crippen LogP contribution in [0.3, 0.4) is 0 Å². The molecule has 0 aromatic heterocycles. The van der Waals surface area contributed by atoms with Gasteiger partial charge in [0, 0.05) is 19.3 Å². The van der Waals surface area contributed by atoms with E-state index in [1.165, 1.54) is 250 Å². The maximum Gasteiger partial charge on any atom is 0.306 e. The maximum absolute atomic E-state index is 12.9. The van der Waals surface area contributed by atoms with Gasteiger partial charge in [0.05, 0.1) is 0 Å². The molecule has 0 N–H and O–H groups in total. The molecule has 0 amide bonds. The van der Waals surface area contributed by atoms with Crippen LogP contribution in [-0.4, -0.2) is 37.2 Å². The fourth-order valence-electron chi connectivity index (χ4n) is 9.81. The molecule has 0 spiro atoms. The summed E-state index contributed by atoms with van der Waals surface area (Å²) in [6.45, 7) is 6.65. The lowest BCUT2D eigenvalue weighted by atomic mass is 10.0. The molecule has 0 rings (SSSR count). The molecular weight excluding hydrogens is 925 g/mol. The van der Waals surface area contributed by atoms with Gasteiger partial charge in [-0.15, -0.1) is 0 Å². The van der Waals surface area contributed by atoms with E-state index in [2.05, 4.69) is 69.4 Å². The van der Waals surface area contributed by atoms with Gasteiger partial charge in [0.2, 0.25) is 0 Å². The molecule has 6 nitrogen and oxygen atoms in total. The maximum atomic E-state index is 12.9. The van der Waals surface area contributed by atoms with Crippen molar-refractivity contribution in [2.75, 3.05) is 13.2 Å². The van der Waals surface area contributed by atoms with Gasteiger partial charge >= 0.3 is 17.9 Å². The third-order valence-electron chi connectivity index (χ3n) is 14.8. The molecule has 438 valence electrons. The smallest absolute Gasteiger partial charge is 0.306 e. The molecule has 1 atom stereocenters. The summed E-state index contributed by atoms with van der Waals surface area (Å²) in [5.74, 6) is -0.922. The van der Waals surface area contributed by atoms with Crippen LogP contribution in [0.25, 0.3) is 0 Å². The molecule has 0 fully saturated rings. The number of carbonyl (C=O) groups is 3. The molecule has 0 aliphatic carbocycles. The molecule has 0 bridgehead atoms. The number of carbonyl (C=O) groups excluding carboxylic acids is 3. The Labute approximate surface area is 467 Å². The van der Waals surface area contributed by atoms with Gasteiger partial charge in [-0.3, -0.25) is 14.4 Å². The molecule has 0 radical (unpaired) electrons. The van der Waals surface area contributed by atoms with Crippen molar-refractivity contribution in [2.45, 2.75) is 361 Å². The third kappa shape index (κ3) is 62.1. The van der Waals surface area contributed by atoms with Gasteiger partial charge in [-0.1, -0.05) is 307 Å². The number of ether oxygens (including phenoxy) is 3.